The minimum absolute atomic E-state index is 0.00249. The number of carbonyl (C=O) groups excluding carboxylic acids is 2. The van der Waals surface area contributed by atoms with Crippen molar-refractivity contribution in [3.63, 3.8) is 0 Å². The summed E-state index contributed by atoms with van der Waals surface area (Å²) in [5, 5.41) is 0. The lowest BCUT2D eigenvalue weighted by Gasteiger charge is -2.35. The topological polar surface area (TPSA) is 78.6 Å². The minimum Gasteiger partial charge on any atom is -0.465 e. The lowest BCUT2D eigenvalue weighted by Crippen LogP contribution is -2.32. The Bertz CT molecular complexity index is 1020. The van der Waals surface area contributed by atoms with E-state index >= 15 is 0 Å². The highest BCUT2D eigenvalue weighted by atomic mass is 16.5. The quantitative estimate of drug-likeness (QED) is 0.807. The molecule has 2 unspecified atom stereocenters. The van der Waals surface area contributed by atoms with Crippen LogP contribution in [0.3, 0.4) is 0 Å². The van der Waals surface area contributed by atoms with Gasteiger partial charge in [0.05, 0.1) is 13.0 Å². The van der Waals surface area contributed by atoms with Crippen LogP contribution >= 0.6 is 0 Å². The fourth-order valence-electron chi connectivity index (χ4n) is 4.17. The molecule has 4 rings (SSSR count). The van der Waals surface area contributed by atoms with E-state index in [4.69, 9.17) is 15.2 Å². The van der Waals surface area contributed by atoms with Gasteiger partial charge < -0.3 is 15.2 Å². The highest BCUT2D eigenvalue weighted by molar-refractivity contribution is 6.03. The predicted octanol–water partition coefficient (Wildman–Crippen LogP) is 3.85. The van der Waals surface area contributed by atoms with Crippen molar-refractivity contribution in [3.8, 4) is 0 Å². The monoisotopic (exact) mass is 389 g/mol. The summed E-state index contributed by atoms with van der Waals surface area (Å²) < 4.78 is 10.8. The normalized spacial score (nSPS) is 21.5. The third kappa shape index (κ3) is 3.44. The van der Waals surface area contributed by atoms with E-state index in [1.807, 2.05) is 61.5 Å². The van der Waals surface area contributed by atoms with Crippen LogP contribution in [0.4, 0.5) is 0 Å². The number of allylic oxidation sites excluding steroid dienone is 2. The van der Waals surface area contributed by atoms with Crippen molar-refractivity contribution in [2.24, 2.45) is 5.73 Å². The van der Waals surface area contributed by atoms with Crippen LogP contribution in [0.5, 0.6) is 0 Å². The molecule has 2 aliphatic rings. The van der Waals surface area contributed by atoms with Crippen molar-refractivity contribution in [1.82, 2.24) is 0 Å². The minimum atomic E-state index is -0.587. The Morgan fingerprint density at radius 2 is 1.72 bits per heavy atom. The summed E-state index contributed by atoms with van der Waals surface area (Å²) in [7, 11) is 1.30. The third-order valence-corrected chi connectivity index (χ3v) is 5.63. The third-order valence-electron chi connectivity index (χ3n) is 5.63. The number of nitrogens with two attached hydrogens (primary N) is 1. The second kappa shape index (κ2) is 7.59. The number of methoxy groups -OCH3 is 1. The van der Waals surface area contributed by atoms with Crippen LogP contribution in [-0.2, 0) is 19.1 Å². The number of hydrogen-bond donors (Lipinski definition) is 1. The first-order chi connectivity index (χ1) is 14.0. The van der Waals surface area contributed by atoms with Gasteiger partial charge in [0.1, 0.15) is 11.3 Å². The Hall–Kier alpha value is -3.34. The molecule has 29 heavy (non-hydrogen) atoms. The van der Waals surface area contributed by atoms with E-state index in [0.29, 0.717) is 24.2 Å². The van der Waals surface area contributed by atoms with Gasteiger partial charge in [0, 0.05) is 18.4 Å². The molecule has 148 valence electrons. The number of rotatable bonds is 3. The number of carbonyl (C=O) groups is 2. The smallest absolute Gasteiger partial charge is 0.340 e. The zero-order chi connectivity index (χ0) is 20.5. The number of Topliss-reactive ketones (excluding diaryl/α,β-unsaturated/α-hetero) is 1. The molecule has 2 aromatic carbocycles. The van der Waals surface area contributed by atoms with E-state index < -0.39 is 11.9 Å². The Kier molecular flexibility index (Phi) is 4.97. The SMILES string of the molecule is COC(=O)C1=C(N)OC2=C(C(=O)CC(c3ccccc3)C2)C1c1ccc(C)cc1. The predicted molar refractivity (Wildman–Crippen MR) is 109 cm³/mol. The molecular formula is C24H23NO4. The molecule has 0 spiro atoms. The standard InChI is InChI=1S/C24H23NO4/c1-14-8-10-16(11-9-14)20-21-18(26)12-17(15-6-4-3-5-7-15)13-19(21)29-23(25)22(20)24(27)28-2/h3-11,17,20H,12-13,25H2,1-2H3. The fraction of sp³-hybridized carbons (Fsp3) is 0.250. The molecule has 0 saturated heterocycles. The van der Waals surface area contributed by atoms with Crippen molar-refractivity contribution in [3.05, 3.63) is 94.1 Å². The molecule has 1 aliphatic heterocycles. The average molecular weight is 389 g/mol. The van der Waals surface area contributed by atoms with Gasteiger partial charge in [-0.1, -0.05) is 60.2 Å². The van der Waals surface area contributed by atoms with E-state index in [0.717, 1.165) is 16.7 Å². The Morgan fingerprint density at radius 1 is 1.03 bits per heavy atom. The van der Waals surface area contributed by atoms with Crippen LogP contribution in [0, 0.1) is 6.92 Å². The molecule has 5 heteroatoms. The molecule has 2 aromatic rings. The highest BCUT2D eigenvalue weighted by Gasteiger charge is 2.43. The molecule has 1 aliphatic carbocycles. The molecule has 5 nitrogen and oxygen atoms in total. The summed E-state index contributed by atoms with van der Waals surface area (Å²) in [6, 6.07) is 17.7. The Morgan fingerprint density at radius 3 is 2.38 bits per heavy atom. The molecule has 1 heterocycles. The molecule has 0 amide bonds. The van der Waals surface area contributed by atoms with Gasteiger partial charge in [0.25, 0.3) is 0 Å². The van der Waals surface area contributed by atoms with Gasteiger partial charge in [-0.15, -0.1) is 0 Å². The van der Waals surface area contributed by atoms with E-state index in [2.05, 4.69) is 0 Å². The molecule has 0 bridgehead atoms. The maximum Gasteiger partial charge on any atom is 0.340 e. The first-order valence-corrected chi connectivity index (χ1v) is 9.63. The molecule has 0 fully saturated rings. The molecular weight excluding hydrogens is 366 g/mol. The van der Waals surface area contributed by atoms with Crippen LogP contribution in [-0.4, -0.2) is 18.9 Å². The molecule has 2 atom stereocenters. The van der Waals surface area contributed by atoms with Crippen molar-refractivity contribution >= 4 is 11.8 Å². The molecule has 0 radical (unpaired) electrons. The average Bonchev–Trinajstić information content (AvgIpc) is 2.73. The zero-order valence-corrected chi connectivity index (χ0v) is 16.5. The molecule has 2 N–H and O–H groups in total. The lowest BCUT2D eigenvalue weighted by molar-refractivity contribution is -0.136. The van der Waals surface area contributed by atoms with Crippen LogP contribution in [0.15, 0.2) is 77.4 Å². The number of ketones is 1. The van der Waals surface area contributed by atoms with Crippen LogP contribution in [0.2, 0.25) is 0 Å². The van der Waals surface area contributed by atoms with Gasteiger partial charge in [-0.05, 0) is 24.0 Å². The number of esters is 1. The van der Waals surface area contributed by atoms with Gasteiger partial charge >= 0.3 is 5.97 Å². The maximum atomic E-state index is 13.3. The first-order valence-electron chi connectivity index (χ1n) is 9.63. The number of aryl methyl sites for hydroxylation is 1. The lowest BCUT2D eigenvalue weighted by atomic mass is 9.73. The number of ether oxygens (including phenoxy) is 2. The maximum absolute atomic E-state index is 13.3. The fourth-order valence-corrected chi connectivity index (χ4v) is 4.17. The van der Waals surface area contributed by atoms with Crippen molar-refractivity contribution < 1.29 is 19.1 Å². The summed E-state index contributed by atoms with van der Waals surface area (Å²) in [5.41, 5.74) is 9.85. The van der Waals surface area contributed by atoms with E-state index in [1.165, 1.54) is 7.11 Å². The van der Waals surface area contributed by atoms with Gasteiger partial charge in [-0.25, -0.2) is 4.79 Å². The molecule has 0 aromatic heterocycles. The van der Waals surface area contributed by atoms with Crippen molar-refractivity contribution in [2.45, 2.75) is 31.6 Å². The van der Waals surface area contributed by atoms with Crippen molar-refractivity contribution in [2.75, 3.05) is 7.11 Å². The number of hydrogen-bond acceptors (Lipinski definition) is 5. The van der Waals surface area contributed by atoms with E-state index in [-0.39, 0.29) is 23.2 Å². The van der Waals surface area contributed by atoms with Crippen molar-refractivity contribution in [1.29, 1.82) is 0 Å². The Balaban J connectivity index is 1.81. The summed E-state index contributed by atoms with van der Waals surface area (Å²) in [6.45, 7) is 1.99. The van der Waals surface area contributed by atoms with Gasteiger partial charge in [0.2, 0.25) is 5.88 Å². The summed E-state index contributed by atoms with van der Waals surface area (Å²) in [4.78, 5) is 25.8. The van der Waals surface area contributed by atoms with Crippen LogP contribution in [0.1, 0.15) is 41.4 Å². The van der Waals surface area contributed by atoms with Gasteiger partial charge in [-0.3, -0.25) is 4.79 Å². The second-order valence-electron chi connectivity index (χ2n) is 7.49. The van der Waals surface area contributed by atoms with Gasteiger partial charge in [0.15, 0.2) is 5.78 Å². The van der Waals surface area contributed by atoms with Gasteiger partial charge in [-0.2, -0.15) is 0 Å². The molecule has 0 saturated carbocycles. The Labute approximate surface area is 169 Å². The second-order valence-corrected chi connectivity index (χ2v) is 7.49. The van der Waals surface area contributed by atoms with Crippen LogP contribution < -0.4 is 5.73 Å². The summed E-state index contributed by atoms with van der Waals surface area (Å²) in [5.74, 6) is -0.629. The van der Waals surface area contributed by atoms with E-state index in [1.54, 1.807) is 0 Å². The number of benzene rings is 2. The summed E-state index contributed by atoms with van der Waals surface area (Å²) in [6.07, 6.45) is 0.922. The van der Waals surface area contributed by atoms with E-state index in [9.17, 15) is 9.59 Å². The van der Waals surface area contributed by atoms with Crippen LogP contribution in [0.25, 0.3) is 0 Å². The highest BCUT2D eigenvalue weighted by Crippen LogP contribution is 2.47. The first kappa shape index (κ1) is 19.0. The largest absolute Gasteiger partial charge is 0.465 e. The zero-order valence-electron chi connectivity index (χ0n) is 16.5. The summed E-state index contributed by atoms with van der Waals surface area (Å²) >= 11 is 0.